The highest BCUT2D eigenvalue weighted by Gasteiger charge is 2.58. The van der Waals surface area contributed by atoms with Crippen LogP contribution in [0.4, 0.5) is 11.5 Å². The van der Waals surface area contributed by atoms with Gasteiger partial charge in [0.1, 0.15) is 5.82 Å². The number of aliphatic hydroxyl groups is 1. The zero-order valence-corrected chi connectivity index (χ0v) is 21.6. The lowest BCUT2D eigenvalue weighted by Crippen LogP contribution is -2.64. The van der Waals surface area contributed by atoms with Gasteiger partial charge in [0, 0.05) is 62.1 Å². The normalized spacial score (nSPS) is 32.2. The van der Waals surface area contributed by atoms with Gasteiger partial charge in [0.25, 0.3) is 0 Å². The number of ether oxygens (including phenoxy) is 2. The molecule has 0 radical (unpaired) electrons. The van der Waals surface area contributed by atoms with Crippen molar-refractivity contribution in [1.29, 1.82) is 0 Å². The van der Waals surface area contributed by atoms with Crippen molar-refractivity contribution in [3.63, 3.8) is 0 Å². The lowest BCUT2D eigenvalue weighted by atomic mass is 9.92. The average Bonchev–Trinajstić information content (AvgIpc) is 3.44. The predicted octanol–water partition coefficient (Wildman–Crippen LogP) is 2.96. The van der Waals surface area contributed by atoms with Crippen molar-refractivity contribution >= 4 is 28.2 Å². The van der Waals surface area contributed by atoms with Crippen LogP contribution in [0.15, 0.2) is 24.4 Å². The highest BCUT2D eigenvalue weighted by molar-refractivity contribution is 5.97. The van der Waals surface area contributed by atoms with Crippen molar-refractivity contribution in [2.75, 3.05) is 56.3 Å². The second kappa shape index (κ2) is 8.94. The van der Waals surface area contributed by atoms with Gasteiger partial charge in [-0.1, -0.05) is 0 Å². The van der Waals surface area contributed by atoms with Gasteiger partial charge in [-0.2, -0.15) is 0 Å². The number of aromatic nitrogens is 1. The second-order valence-corrected chi connectivity index (χ2v) is 11.7. The largest absolute Gasteiger partial charge is 0.389 e. The summed E-state index contributed by atoms with van der Waals surface area (Å²) < 4.78 is 11.1. The minimum atomic E-state index is -0.452. The number of nitrogens with one attached hydrogen (secondary N) is 1. The number of anilines is 2. The summed E-state index contributed by atoms with van der Waals surface area (Å²) in [5.41, 5.74) is 2.26. The predicted molar refractivity (Wildman–Crippen MR) is 139 cm³/mol. The van der Waals surface area contributed by atoms with Gasteiger partial charge >= 0.3 is 0 Å². The van der Waals surface area contributed by atoms with Gasteiger partial charge < -0.3 is 24.8 Å². The van der Waals surface area contributed by atoms with Crippen LogP contribution in [0.5, 0.6) is 0 Å². The fourth-order valence-corrected chi connectivity index (χ4v) is 6.83. The summed E-state index contributed by atoms with van der Waals surface area (Å²) in [6.07, 6.45) is 4.34. The van der Waals surface area contributed by atoms with Gasteiger partial charge in [-0.15, -0.1) is 0 Å². The fourth-order valence-electron chi connectivity index (χ4n) is 6.83. The van der Waals surface area contributed by atoms with E-state index in [-0.39, 0.29) is 22.8 Å². The Morgan fingerprint density at radius 1 is 1.17 bits per heavy atom. The highest BCUT2D eigenvalue weighted by Crippen LogP contribution is 2.59. The Hall–Kier alpha value is -2.26. The number of aliphatic hydroxyl groups excluding tert-OH is 1. The van der Waals surface area contributed by atoms with E-state index < -0.39 is 6.10 Å². The molecule has 4 heterocycles. The van der Waals surface area contributed by atoms with E-state index in [4.69, 9.17) is 9.47 Å². The molecule has 1 unspecified atom stereocenters. The third-order valence-electron chi connectivity index (χ3n) is 9.29. The molecule has 4 aliphatic rings. The molecule has 194 valence electrons. The summed E-state index contributed by atoms with van der Waals surface area (Å²) in [6, 6.07) is 6.71. The standard InChI is InChI=1S/C28H38N4O4/c1-18-10-21-14-29-25(30-26(34)22-13-28(22)4-8-35-9-5-28)12-20(21)11-23(18)31-6-7-32(19(2)15-31)27(3)17-36-16-24(27)33/h10-12,14,19,22,24,33H,4-9,13,15-17H2,1-3H3,(H,29,30,34)/t19-,22?,24-,27+/m0/s1. The minimum absolute atomic E-state index is 0.0795. The van der Waals surface area contributed by atoms with Crippen molar-refractivity contribution in [3.05, 3.63) is 30.0 Å². The van der Waals surface area contributed by atoms with Crippen LogP contribution in [-0.4, -0.2) is 84.6 Å². The molecule has 1 amide bonds. The Balaban J connectivity index is 1.18. The molecule has 0 bridgehead atoms. The van der Waals surface area contributed by atoms with E-state index in [0.29, 0.717) is 25.1 Å². The summed E-state index contributed by atoms with van der Waals surface area (Å²) in [7, 11) is 0. The number of aryl methyl sites for hydroxylation is 1. The molecule has 1 spiro atoms. The summed E-state index contributed by atoms with van der Waals surface area (Å²) >= 11 is 0. The number of carbonyl (C=O) groups excluding carboxylic acids is 1. The van der Waals surface area contributed by atoms with E-state index in [0.717, 1.165) is 62.9 Å². The maximum absolute atomic E-state index is 12.9. The molecule has 6 rings (SSSR count). The summed E-state index contributed by atoms with van der Waals surface area (Å²) in [5, 5.41) is 15.8. The first-order chi connectivity index (χ1) is 17.3. The molecule has 4 atom stereocenters. The number of hydrogen-bond acceptors (Lipinski definition) is 7. The van der Waals surface area contributed by atoms with Crippen LogP contribution in [0.1, 0.15) is 38.7 Å². The van der Waals surface area contributed by atoms with Gasteiger partial charge in [-0.3, -0.25) is 9.69 Å². The van der Waals surface area contributed by atoms with Crippen LogP contribution < -0.4 is 10.2 Å². The van der Waals surface area contributed by atoms with E-state index in [1.54, 1.807) is 0 Å². The second-order valence-electron chi connectivity index (χ2n) is 11.7. The Kier molecular flexibility index (Phi) is 5.98. The molecule has 1 saturated carbocycles. The molecule has 36 heavy (non-hydrogen) atoms. The van der Waals surface area contributed by atoms with Crippen LogP contribution in [-0.2, 0) is 14.3 Å². The van der Waals surface area contributed by atoms with E-state index in [2.05, 4.69) is 53.0 Å². The van der Waals surface area contributed by atoms with Crippen molar-refractivity contribution in [2.45, 2.75) is 57.7 Å². The van der Waals surface area contributed by atoms with Gasteiger partial charge in [0.05, 0.1) is 24.9 Å². The molecule has 2 aromatic rings. The molecule has 1 aromatic heterocycles. The number of benzene rings is 1. The smallest absolute Gasteiger partial charge is 0.229 e. The van der Waals surface area contributed by atoms with E-state index in [9.17, 15) is 9.90 Å². The highest BCUT2D eigenvalue weighted by atomic mass is 16.5. The van der Waals surface area contributed by atoms with Crippen molar-refractivity contribution < 1.29 is 19.4 Å². The fraction of sp³-hybridized carbons (Fsp3) is 0.643. The Morgan fingerprint density at radius 2 is 1.97 bits per heavy atom. The number of piperazine rings is 1. The van der Waals surface area contributed by atoms with Gasteiger partial charge in [0.15, 0.2) is 0 Å². The summed E-state index contributed by atoms with van der Waals surface area (Å²) in [4.78, 5) is 22.3. The Morgan fingerprint density at radius 3 is 2.69 bits per heavy atom. The van der Waals surface area contributed by atoms with Gasteiger partial charge in [0.2, 0.25) is 5.91 Å². The number of nitrogens with zero attached hydrogens (tertiary/aromatic N) is 3. The quantitative estimate of drug-likeness (QED) is 0.676. The number of rotatable bonds is 4. The lowest BCUT2D eigenvalue weighted by Gasteiger charge is -2.49. The van der Waals surface area contributed by atoms with E-state index in [1.807, 2.05) is 12.3 Å². The molecule has 1 aromatic carbocycles. The molecular formula is C28H38N4O4. The number of pyridine rings is 1. The van der Waals surface area contributed by atoms with Crippen molar-refractivity contribution in [1.82, 2.24) is 9.88 Å². The first-order valence-corrected chi connectivity index (χ1v) is 13.4. The zero-order valence-electron chi connectivity index (χ0n) is 21.6. The number of amides is 1. The monoisotopic (exact) mass is 494 g/mol. The maximum Gasteiger partial charge on any atom is 0.229 e. The molecule has 3 aliphatic heterocycles. The average molecular weight is 495 g/mol. The topological polar surface area (TPSA) is 87.2 Å². The number of hydrogen-bond donors (Lipinski definition) is 2. The van der Waals surface area contributed by atoms with Crippen LogP contribution >= 0.6 is 0 Å². The molecule has 8 nitrogen and oxygen atoms in total. The lowest BCUT2D eigenvalue weighted by molar-refractivity contribution is -0.118. The minimum Gasteiger partial charge on any atom is -0.389 e. The first kappa shape index (κ1) is 24.1. The van der Waals surface area contributed by atoms with Crippen LogP contribution in [0.3, 0.4) is 0 Å². The van der Waals surface area contributed by atoms with Crippen molar-refractivity contribution in [2.24, 2.45) is 11.3 Å². The number of fused-ring (bicyclic) bond motifs is 1. The number of carbonyl (C=O) groups is 1. The Bertz CT molecular complexity index is 1170. The van der Waals surface area contributed by atoms with Gasteiger partial charge in [-0.05, 0) is 74.6 Å². The van der Waals surface area contributed by atoms with E-state index >= 15 is 0 Å². The molecule has 2 N–H and O–H groups in total. The van der Waals surface area contributed by atoms with E-state index in [1.165, 1.54) is 11.3 Å². The van der Waals surface area contributed by atoms with Crippen LogP contribution in [0, 0.1) is 18.3 Å². The van der Waals surface area contributed by atoms with Crippen molar-refractivity contribution in [3.8, 4) is 0 Å². The maximum atomic E-state index is 12.9. The van der Waals surface area contributed by atoms with Crippen LogP contribution in [0.25, 0.3) is 10.8 Å². The molecule has 1 aliphatic carbocycles. The van der Waals surface area contributed by atoms with Crippen LogP contribution in [0.2, 0.25) is 0 Å². The third kappa shape index (κ3) is 4.08. The first-order valence-electron chi connectivity index (χ1n) is 13.4. The molecule has 8 heteroatoms. The third-order valence-corrected chi connectivity index (χ3v) is 9.29. The Labute approximate surface area is 212 Å². The molecule has 3 saturated heterocycles. The SMILES string of the molecule is Cc1cc2cnc(NC(=O)C3CC34CCOCC4)cc2cc1N1CCN([C@]2(C)COC[C@@H]2O)[C@@H](C)C1. The summed E-state index contributed by atoms with van der Waals surface area (Å²) in [5.74, 6) is 0.793. The van der Waals surface area contributed by atoms with Gasteiger partial charge in [-0.25, -0.2) is 4.98 Å². The molecule has 4 fully saturated rings. The summed E-state index contributed by atoms with van der Waals surface area (Å²) in [6.45, 7) is 11.7. The molecular weight excluding hydrogens is 456 g/mol. The zero-order chi connectivity index (χ0) is 25.1.